The predicted octanol–water partition coefficient (Wildman–Crippen LogP) is 3.60. The van der Waals surface area contributed by atoms with E-state index >= 15 is 0 Å². The van der Waals surface area contributed by atoms with Crippen LogP contribution in [0.1, 0.15) is 5.69 Å². The molecule has 0 spiro atoms. The van der Waals surface area contributed by atoms with Crippen molar-refractivity contribution >= 4 is 22.4 Å². The number of fused-ring (bicyclic) bond motifs is 1. The molecule has 0 saturated heterocycles. The Morgan fingerprint density at radius 1 is 1.06 bits per heavy atom. The maximum absolute atomic E-state index is 6.26. The summed E-state index contributed by atoms with van der Waals surface area (Å²) in [6, 6.07) is 8.20. The number of aromatic nitrogens is 3. The van der Waals surface area contributed by atoms with Gasteiger partial charge >= 0.3 is 0 Å². The summed E-state index contributed by atoms with van der Waals surface area (Å²) < 4.78 is 1.66. The Balaban J connectivity index is 2.37. The minimum absolute atomic E-state index is 0.630. The third-order valence-electron chi connectivity index (χ3n) is 3.15. The Morgan fingerprint density at radius 2 is 1.78 bits per heavy atom. The van der Waals surface area contributed by atoms with Crippen molar-refractivity contribution in [3.63, 3.8) is 0 Å². The van der Waals surface area contributed by atoms with Crippen molar-refractivity contribution in [2.45, 2.75) is 6.92 Å². The van der Waals surface area contributed by atoms with Gasteiger partial charge in [-0.2, -0.15) is 5.10 Å². The summed E-state index contributed by atoms with van der Waals surface area (Å²) in [5.74, 6) is 0. The van der Waals surface area contributed by atoms with E-state index in [9.17, 15) is 0 Å². The Morgan fingerprint density at radius 3 is 2.44 bits per heavy atom. The zero-order chi connectivity index (χ0) is 12.7. The fraction of sp³-hybridized carbons (Fsp3) is 0.143. The summed E-state index contributed by atoms with van der Waals surface area (Å²) in [6.07, 6.45) is 3.64. The highest BCUT2D eigenvalue weighted by Gasteiger charge is 2.12. The van der Waals surface area contributed by atoms with E-state index in [2.05, 4.69) is 22.2 Å². The van der Waals surface area contributed by atoms with Crippen molar-refractivity contribution in [2.24, 2.45) is 7.05 Å². The first-order valence-electron chi connectivity index (χ1n) is 5.70. The monoisotopic (exact) mass is 257 g/mol. The minimum atomic E-state index is 0.630. The van der Waals surface area contributed by atoms with E-state index in [1.54, 1.807) is 10.9 Å². The minimum Gasteiger partial charge on any atom is -0.260 e. The molecular formula is C14H12ClN3. The summed E-state index contributed by atoms with van der Waals surface area (Å²) in [5, 5.41) is 7.11. The highest BCUT2D eigenvalue weighted by atomic mass is 35.5. The van der Waals surface area contributed by atoms with Crippen LogP contribution in [-0.4, -0.2) is 14.8 Å². The first-order valence-corrected chi connectivity index (χ1v) is 6.08. The lowest BCUT2D eigenvalue weighted by Gasteiger charge is -2.07. The lowest BCUT2D eigenvalue weighted by atomic mass is 10.0. The van der Waals surface area contributed by atoms with Gasteiger partial charge in [-0.15, -0.1) is 0 Å². The van der Waals surface area contributed by atoms with Gasteiger partial charge < -0.3 is 0 Å². The molecule has 0 amide bonds. The van der Waals surface area contributed by atoms with Crippen LogP contribution in [0.4, 0.5) is 0 Å². The van der Waals surface area contributed by atoms with Gasteiger partial charge in [0.1, 0.15) is 5.15 Å². The lowest BCUT2D eigenvalue weighted by molar-refractivity contribution is 0.769. The summed E-state index contributed by atoms with van der Waals surface area (Å²) in [7, 11) is 1.83. The molecule has 3 aromatic rings. The van der Waals surface area contributed by atoms with Crippen molar-refractivity contribution in [2.75, 3.05) is 0 Å². The van der Waals surface area contributed by atoms with E-state index in [1.165, 1.54) is 0 Å². The van der Waals surface area contributed by atoms with Crippen LogP contribution in [0, 0.1) is 6.92 Å². The summed E-state index contributed by atoms with van der Waals surface area (Å²) >= 11 is 6.26. The van der Waals surface area contributed by atoms with Gasteiger partial charge in [0.25, 0.3) is 0 Å². The topological polar surface area (TPSA) is 30.7 Å². The molecule has 0 aliphatic rings. The van der Waals surface area contributed by atoms with Crippen molar-refractivity contribution in [1.29, 1.82) is 0 Å². The van der Waals surface area contributed by atoms with Crippen LogP contribution in [0.15, 0.2) is 36.7 Å². The Labute approximate surface area is 110 Å². The second-order valence-electron chi connectivity index (χ2n) is 4.28. The number of halogens is 1. The molecule has 0 saturated carbocycles. The van der Waals surface area contributed by atoms with Crippen molar-refractivity contribution < 1.29 is 0 Å². The first kappa shape index (κ1) is 11.2. The zero-order valence-electron chi connectivity index (χ0n) is 10.2. The molecule has 0 bridgehead atoms. The molecule has 1 aromatic carbocycles. The molecule has 0 N–H and O–H groups in total. The number of rotatable bonds is 1. The largest absolute Gasteiger partial charge is 0.260 e. The predicted molar refractivity (Wildman–Crippen MR) is 73.7 cm³/mol. The van der Waals surface area contributed by atoms with E-state index in [0.717, 1.165) is 27.6 Å². The number of hydrogen-bond donors (Lipinski definition) is 0. The molecule has 2 heterocycles. The number of aryl methyl sites for hydroxylation is 2. The van der Waals surface area contributed by atoms with Crippen LogP contribution in [0.5, 0.6) is 0 Å². The molecule has 90 valence electrons. The fourth-order valence-electron chi connectivity index (χ4n) is 2.15. The van der Waals surface area contributed by atoms with Crippen molar-refractivity contribution in [1.82, 2.24) is 14.8 Å². The van der Waals surface area contributed by atoms with Crippen LogP contribution < -0.4 is 0 Å². The van der Waals surface area contributed by atoms with Crippen molar-refractivity contribution in [3.05, 3.63) is 47.5 Å². The molecule has 0 fully saturated rings. The van der Waals surface area contributed by atoms with Gasteiger partial charge in [0.2, 0.25) is 0 Å². The quantitative estimate of drug-likeness (QED) is 0.667. The van der Waals surface area contributed by atoms with Gasteiger partial charge in [-0.1, -0.05) is 35.9 Å². The highest BCUT2D eigenvalue weighted by Crippen LogP contribution is 2.33. The molecular weight excluding hydrogens is 246 g/mol. The number of pyridine rings is 1. The van der Waals surface area contributed by atoms with E-state index < -0.39 is 0 Å². The van der Waals surface area contributed by atoms with E-state index in [4.69, 9.17) is 11.6 Å². The molecule has 3 nitrogen and oxygen atoms in total. The molecule has 18 heavy (non-hydrogen) atoms. The number of hydrogen-bond acceptors (Lipinski definition) is 2. The normalized spacial score (nSPS) is 11.1. The Hall–Kier alpha value is -1.87. The van der Waals surface area contributed by atoms with Gasteiger partial charge in [-0.05, 0) is 12.3 Å². The van der Waals surface area contributed by atoms with Crippen LogP contribution in [0.25, 0.3) is 21.9 Å². The van der Waals surface area contributed by atoms with Gasteiger partial charge in [0, 0.05) is 35.5 Å². The number of benzene rings is 1. The molecule has 3 rings (SSSR count). The summed E-state index contributed by atoms with van der Waals surface area (Å²) in [4.78, 5) is 4.44. The van der Waals surface area contributed by atoms with Crippen LogP contribution in [-0.2, 0) is 7.05 Å². The Bertz CT molecular complexity index is 731. The molecule has 0 unspecified atom stereocenters. The number of nitrogens with zero attached hydrogens (tertiary/aromatic N) is 3. The van der Waals surface area contributed by atoms with E-state index in [0.29, 0.717) is 5.15 Å². The molecule has 4 heteroatoms. The zero-order valence-corrected chi connectivity index (χ0v) is 10.9. The highest BCUT2D eigenvalue weighted by molar-refractivity contribution is 6.32. The summed E-state index contributed by atoms with van der Waals surface area (Å²) in [5.41, 5.74) is 2.96. The van der Waals surface area contributed by atoms with Gasteiger partial charge in [0.15, 0.2) is 0 Å². The smallest absolute Gasteiger partial charge is 0.134 e. The van der Waals surface area contributed by atoms with Crippen LogP contribution in [0.3, 0.4) is 0 Å². The third kappa shape index (κ3) is 1.59. The second-order valence-corrected chi connectivity index (χ2v) is 4.63. The molecule has 2 aromatic heterocycles. The van der Waals surface area contributed by atoms with Gasteiger partial charge in [0.05, 0.1) is 6.20 Å². The molecule has 0 atom stereocenters. The average molecular weight is 258 g/mol. The third-order valence-corrected chi connectivity index (χ3v) is 3.60. The van der Waals surface area contributed by atoms with Crippen molar-refractivity contribution in [3.8, 4) is 11.1 Å². The Kier molecular flexibility index (Phi) is 2.56. The van der Waals surface area contributed by atoms with E-state index in [-0.39, 0.29) is 0 Å². The van der Waals surface area contributed by atoms with Gasteiger partial charge in [-0.25, -0.2) is 0 Å². The maximum atomic E-state index is 6.26. The second kappa shape index (κ2) is 4.10. The average Bonchev–Trinajstić information content (AvgIpc) is 2.71. The molecule has 0 aliphatic heterocycles. The summed E-state index contributed by atoms with van der Waals surface area (Å²) in [6.45, 7) is 2.01. The van der Waals surface area contributed by atoms with Gasteiger partial charge in [-0.3, -0.25) is 9.67 Å². The van der Waals surface area contributed by atoms with Crippen LogP contribution in [0.2, 0.25) is 5.15 Å². The standard InChI is InChI=1S/C14H12ClN3/c1-9-10-5-3-4-6-11(10)12(7-16-9)13-8-17-18(2)14(13)15/h3-8H,1-2H3. The molecule has 0 radical (unpaired) electrons. The lowest BCUT2D eigenvalue weighted by Crippen LogP contribution is -1.90. The van der Waals surface area contributed by atoms with E-state index in [1.807, 2.05) is 32.3 Å². The van der Waals surface area contributed by atoms with Crippen LogP contribution >= 0.6 is 11.6 Å². The maximum Gasteiger partial charge on any atom is 0.134 e. The fourth-order valence-corrected chi connectivity index (χ4v) is 2.35. The molecule has 0 aliphatic carbocycles. The SMILES string of the molecule is Cc1ncc(-c2cnn(C)c2Cl)c2ccccc12. The first-order chi connectivity index (χ1) is 8.68.